The smallest absolute Gasteiger partial charge is 0.0574 e. The first-order valence-electron chi connectivity index (χ1n) is 6.10. The fourth-order valence-electron chi connectivity index (χ4n) is 1.74. The lowest BCUT2D eigenvalue weighted by Crippen LogP contribution is -2.01. The minimum Gasteiger partial charge on any atom is -0.411 e. The monoisotopic (exact) mass is 219 g/mol. The summed E-state index contributed by atoms with van der Waals surface area (Å²) < 4.78 is 0. The lowest BCUT2D eigenvalue weighted by molar-refractivity contribution is 0.316. The molecule has 1 aromatic rings. The van der Waals surface area contributed by atoms with E-state index in [9.17, 15) is 0 Å². The summed E-state index contributed by atoms with van der Waals surface area (Å²) in [5.74, 6) is 0. The molecule has 0 bridgehead atoms. The van der Waals surface area contributed by atoms with Gasteiger partial charge in [0, 0.05) is 0 Å². The molecule has 0 fully saturated rings. The standard InChI is InChI=1S/C14H21NO/c1-2-3-5-10-14(15-16)12-11-13-8-6-4-7-9-13/h4,6-9,16H,2-3,5,10-12H2,1H3/b15-14+. The van der Waals surface area contributed by atoms with Crippen LogP contribution in [0.15, 0.2) is 35.5 Å². The van der Waals surface area contributed by atoms with Gasteiger partial charge in [-0.1, -0.05) is 55.3 Å². The molecule has 0 atom stereocenters. The Labute approximate surface area is 98.0 Å². The van der Waals surface area contributed by atoms with E-state index in [1.54, 1.807) is 0 Å². The van der Waals surface area contributed by atoms with Gasteiger partial charge in [0.2, 0.25) is 0 Å². The molecule has 2 heteroatoms. The second-order valence-electron chi connectivity index (χ2n) is 4.11. The number of hydrogen-bond donors (Lipinski definition) is 1. The molecule has 0 unspecified atom stereocenters. The summed E-state index contributed by atoms with van der Waals surface area (Å²) in [5, 5.41) is 12.3. The summed E-state index contributed by atoms with van der Waals surface area (Å²) in [5.41, 5.74) is 2.23. The maximum absolute atomic E-state index is 8.89. The van der Waals surface area contributed by atoms with Crippen LogP contribution in [0.25, 0.3) is 0 Å². The highest BCUT2D eigenvalue weighted by molar-refractivity contribution is 5.84. The lowest BCUT2D eigenvalue weighted by atomic mass is 10.0. The van der Waals surface area contributed by atoms with Crippen LogP contribution in [0.3, 0.4) is 0 Å². The predicted octanol–water partition coefficient (Wildman–Crippen LogP) is 4.03. The first kappa shape index (κ1) is 12.8. The Bertz CT molecular complexity index is 306. The van der Waals surface area contributed by atoms with Gasteiger partial charge in [-0.25, -0.2) is 0 Å². The van der Waals surface area contributed by atoms with Crippen LogP contribution < -0.4 is 0 Å². The summed E-state index contributed by atoms with van der Waals surface area (Å²) in [6.45, 7) is 2.18. The predicted molar refractivity (Wildman–Crippen MR) is 68.1 cm³/mol. The summed E-state index contributed by atoms with van der Waals surface area (Å²) in [6.07, 6.45) is 6.31. The van der Waals surface area contributed by atoms with Crippen molar-refractivity contribution >= 4 is 5.71 Å². The Morgan fingerprint density at radius 1 is 1.12 bits per heavy atom. The molecular weight excluding hydrogens is 198 g/mol. The van der Waals surface area contributed by atoms with Crippen LogP contribution >= 0.6 is 0 Å². The maximum Gasteiger partial charge on any atom is 0.0574 e. The SMILES string of the molecule is CCCCC/C(CCc1ccccc1)=N\O. The molecule has 0 aliphatic heterocycles. The van der Waals surface area contributed by atoms with E-state index >= 15 is 0 Å². The molecule has 2 nitrogen and oxygen atoms in total. The zero-order valence-corrected chi connectivity index (χ0v) is 10.0. The van der Waals surface area contributed by atoms with Crippen molar-refractivity contribution in [3.8, 4) is 0 Å². The molecule has 1 N–H and O–H groups in total. The highest BCUT2D eigenvalue weighted by Crippen LogP contribution is 2.08. The third-order valence-electron chi connectivity index (χ3n) is 2.76. The lowest BCUT2D eigenvalue weighted by Gasteiger charge is -2.04. The van der Waals surface area contributed by atoms with E-state index in [1.807, 2.05) is 18.2 Å². The van der Waals surface area contributed by atoms with Crippen LogP contribution in [0, 0.1) is 0 Å². The van der Waals surface area contributed by atoms with Gasteiger partial charge in [0.1, 0.15) is 0 Å². The number of oxime groups is 1. The van der Waals surface area contributed by atoms with Gasteiger partial charge in [-0.3, -0.25) is 0 Å². The van der Waals surface area contributed by atoms with Crippen molar-refractivity contribution in [2.75, 3.05) is 0 Å². The first-order valence-corrected chi connectivity index (χ1v) is 6.10. The van der Waals surface area contributed by atoms with Gasteiger partial charge in [-0.05, 0) is 31.2 Å². The van der Waals surface area contributed by atoms with E-state index in [-0.39, 0.29) is 0 Å². The average molecular weight is 219 g/mol. The van der Waals surface area contributed by atoms with Crippen LogP contribution in [-0.4, -0.2) is 10.9 Å². The minimum absolute atomic E-state index is 0.865. The zero-order chi connectivity index (χ0) is 11.6. The fraction of sp³-hybridized carbons (Fsp3) is 0.500. The molecule has 16 heavy (non-hydrogen) atoms. The number of hydrogen-bond acceptors (Lipinski definition) is 2. The molecule has 1 aromatic carbocycles. The summed E-state index contributed by atoms with van der Waals surface area (Å²) in [6, 6.07) is 10.3. The topological polar surface area (TPSA) is 32.6 Å². The molecule has 1 rings (SSSR count). The van der Waals surface area contributed by atoms with Crippen molar-refractivity contribution in [1.29, 1.82) is 0 Å². The Morgan fingerprint density at radius 2 is 1.88 bits per heavy atom. The molecule has 88 valence electrons. The average Bonchev–Trinajstić information content (AvgIpc) is 2.35. The zero-order valence-electron chi connectivity index (χ0n) is 10.0. The van der Waals surface area contributed by atoms with Crippen LogP contribution in [0.4, 0.5) is 0 Å². The Hall–Kier alpha value is -1.31. The third-order valence-corrected chi connectivity index (χ3v) is 2.76. The van der Waals surface area contributed by atoms with Crippen molar-refractivity contribution in [2.24, 2.45) is 5.16 Å². The van der Waals surface area contributed by atoms with Crippen molar-refractivity contribution in [2.45, 2.75) is 45.4 Å². The molecule has 0 spiro atoms. The molecule has 0 saturated carbocycles. The van der Waals surface area contributed by atoms with Crippen molar-refractivity contribution in [1.82, 2.24) is 0 Å². The quantitative estimate of drug-likeness (QED) is 0.319. The van der Waals surface area contributed by atoms with Crippen LogP contribution in [0.1, 0.15) is 44.6 Å². The molecule has 0 heterocycles. The van der Waals surface area contributed by atoms with E-state index in [0.717, 1.165) is 31.4 Å². The number of unbranched alkanes of at least 4 members (excludes halogenated alkanes) is 2. The Morgan fingerprint density at radius 3 is 2.50 bits per heavy atom. The second kappa shape index (κ2) is 7.91. The van der Waals surface area contributed by atoms with Crippen LogP contribution in [-0.2, 0) is 6.42 Å². The van der Waals surface area contributed by atoms with Crippen LogP contribution in [0.5, 0.6) is 0 Å². The molecule has 0 aliphatic rings. The van der Waals surface area contributed by atoms with E-state index in [2.05, 4.69) is 24.2 Å². The second-order valence-corrected chi connectivity index (χ2v) is 4.11. The first-order chi connectivity index (χ1) is 7.86. The molecule has 0 aromatic heterocycles. The normalized spacial score (nSPS) is 11.7. The van der Waals surface area contributed by atoms with E-state index in [0.29, 0.717) is 0 Å². The van der Waals surface area contributed by atoms with Gasteiger partial charge in [-0.2, -0.15) is 0 Å². The number of benzene rings is 1. The van der Waals surface area contributed by atoms with Gasteiger partial charge >= 0.3 is 0 Å². The number of nitrogens with zero attached hydrogens (tertiary/aromatic N) is 1. The molecular formula is C14H21NO. The number of rotatable bonds is 7. The largest absolute Gasteiger partial charge is 0.411 e. The molecule has 0 radical (unpaired) electrons. The minimum atomic E-state index is 0.865. The van der Waals surface area contributed by atoms with Gasteiger partial charge in [-0.15, -0.1) is 0 Å². The van der Waals surface area contributed by atoms with Gasteiger partial charge < -0.3 is 5.21 Å². The molecule has 0 amide bonds. The fourth-order valence-corrected chi connectivity index (χ4v) is 1.74. The van der Waals surface area contributed by atoms with Gasteiger partial charge in [0.15, 0.2) is 0 Å². The summed E-state index contributed by atoms with van der Waals surface area (Å²) in [7, 11) is 0. The van der Waals surface area contributed by atoms with E-state index in [1.165, 1.54) is 18.4 Å². The molecule has 0 saturated heterocycles. The van der Waals surface area contributed by atoms with Crippen molar-refractivity contribution < 1.29 is 5.21 Å². The number of aryl methyl sites for hydroxylation is 1. The van der Waals surface area contributed by atoms with E-state index in [4.69, 9.17) is 5.21 Å². The van der Waals surface area contributed by atoms with Gasteiger partial charge in [0.25, 0.3) is 0 Å². The van der Waals surface area contributed by atoms with Crippen molar-refractivity contribution in [3.05, 3.63) is 35.9 Å². The van der Waals surface area contributed by atoms with Crippen molar-refractivity contribution in [3.63, 3.8) is 0 Å². The van der Waals surface area contributed by atoms with Crippen LogP contribution in [0.2, 0.25) is 0 Å². The summed E-state index contributed by atoms with van der Waals surface area (Å²) in [4.78, 5) is 0. The highest BCUT2D eigenvalue weighted by atomic mass is 16.4. The Kier molecular flexibility index (Phi) is 6.31. The third kappa shape index (κ3) is 4.96. The summed E-state index contributed by atoms with van der Waals surface area (Å²) >= 11 is 0. The highest BCUT2D eigenvalue weighted by Gasteiger charge is 2.01. The van der Waals surface area contributed by atoms with Gasteiger partial charge in [0.05, 0.1) is 5.71 Å². The van der Waals surface area contributed by atoms with E-state index < -0.39 is 0 Å². The Balaban J connectivity index is 2.29. The molecule has 0 aliphatic carbocycles. The maximum atomic E-state index is 8.89.